The average Bonchev–Trinajstić information content (AvgIpc) is 2.83. The molecule has 0 saturated carbocycles. The van der Waals surface area contributed by atoms with Crippen LogP contribution in [0.1, 0.15) is 23.0 Å². The van der Waals surface area contributed by atoms with Crippen molar-refractivity contribution < 1.29 is 13.9 Å². The van der Waals surface area contributed by atoms with Crippen LogP contribution in [0.25, 0.3) is 0 Å². The Morgan fingerprint density at radius 2 is 2.32 bits per heavy atom. The largest absolute Gasteiger partial charge is 0.461 e. The zero-order valence-corrected chi connectivity index (χ0v) is 11.4. The number of benzene rings is 1. The number of carbonyl (C=O) groups excluding carboxylic acids is 1. The second-order valence-electron chi connectivity index (χ2n) is 3.87. The highest BCUT2D eigenvalue weighted by Gasteiger charge is 2.12. The van der Waals surface area contributed by atoms with E-state index in [4.69, 9.17) is 4.74 Å². The molecular formula is C13H13FN2O2S. The molecule has 0 unspecified atom stereocenters. The number of rotatable bonds is 4. The van der Waals surface area contributed by atoms with Crippen LogP contribution in [0.5, 0.6) is 0 Å². The molecule has 0 bridgehead atoms. The molecule has 0 saturated heterocycles. The summed E-state index contributed by atoms with van der Waals surface area (Å²) in [5.41, 5.74) is 1.50. The molecule has 2 rings (SSSR count). The van der Waals surface area contributed by atoms with Crippen molar-refractivity contribution in [3.05, 3.63) is 40.7 Å². The highest BCUT2D eigenvalue weighted by Crippen LogP contribution is 2.24. The van der Waals surface area contributed by atoms with Gasteiger partial charge in [-0.15, -0.1) is 11.3 Å². The fraction of sp³-hybridized carbons (Fsp3) is 0.231. The second kappa shape index (κ2) is 5.79. The van der Waals surface area contributed by atoms with Gasteiger partial charge in [0.05, 0.1) is 12.3 Å². The third-order valence-electron chi connectivity index (χ3n) is 2.35. The summed E-state index contributed by atoms with van der Waals surface area (Å²) < 4.78 is 18.4. The first-order valence-corrected chi connectivity index (χ1v) is 6.64. The molecule has 2 aromatic rings. The summed E-state index contributed by atoms with van der Waals surface area (Å²) in [6.45, 7) is 3.90. The smallest absolute Gasteiger partial charge is 0.357 e. The van der Waals surface area contributed by atoms with Crippen LogP contribution in [0.15, 0.2) is 23.6 Å². The number of hydrogen-bond donors (Lipinski definition) is 1. The topological polar surface area (TPSA) is 51.2 Å². The third-order valence-corrected chi connectivity index (χ3v) is 3.11. The first-order chi connectivity index (χ1) is 9.10. The van der Waals surface area contributed by atoms with Crippen LogP contribution in [-0.2, 0) is 4.74 Å². The molecule has 4 nitrogen and oxygen atoms in total. The number of thiazole rings is 1. The zero-order chi connectivity index (χ0) is 13.8. The highest BCUT2D eigenvalue weighted by molar-refractivity contribution is 7.14. The number of aryl methyl sites for hydroxylation is 1. The van der Waals surface area contributed by atoms with Crippen molar-refractivity contribution in [2.75, 3.05) is 11.9 Å². The Bertz CT molecular complexity index is 598. The van der Waals surface area contributed by atoms with Crippen molar-refractivity contribution >= 4 is 28.1 Å². The van der Waals surface area contributed by atoms with E-state index >= 15 is 0 Å². The van der Waals surface area contributed by atoms with Gasteiger partial charge < -0.3 is 10.1 Å². The number of esters is 1. The van der Waals surface area contributed by atoms with E-state index in [9.17, 15) is 9.18 Å². The lowest BCUT2D eigenvalue weighted by Crippen LogP contribution is -2.05. The molecule has 100 valence electrons. The molecular weight excluding hydrogens is 267 g/mol. The van der Waals surface area contributed by atoms with Gasteiger partial charge in [-0.25, -0.2) is 14.2 Å². The summed E-state index contributed by atoms with van der Waals surface area (Å²) in [4.78, 5) is 15.5. The predicted molar refractivity (Wildman–Crippen MR) is 72.5 cm³/mol. The van der Waals surface area contributed by atoms with E-state index in [1.54, 1.807) is 24.4 Å². The van der Waals surface area contributed by atoms with E-state index in [0.29, 0.717) is 17.4 Å². The lowest BCUT2D eigenvalue weighted by molar-refractivity contribution is 0.0520. The van der Waals surface area contributed by atoms with Gasteiger partial charge in [0.25, 0.3) is 0 Å². The quantitative estimate of drug-likeness (QED) is 0.871. The summed E-state index contributed by atoms with van der Waals surface area (Å²) in [5, 5.41) is 4.88. The van der Waals surface area contributed by atoms with Crippen LogP contribution in [0, 0.1) is 12.7 Å². The Morgan fingerprint density at radius 1 is 1.53 bits per heavy atom. The molecule has 0 aliphatic rings. The summed E-state index contributed by atoms with van der Waals surface area (Å²) in [7, 11) is 0. The monoisotopic (exact) mass is 280 g/mol. The van der Waals surface area contributed by atoms with E-state index in [-0.39, 0.29) is 11.5 Å². The molecule has 0 atom stereocenters. The molecule has 0 fully saturated rings. The number of carbonyl (C=O) groups is 1. The van der Waals surface area contributed by atoms with Crippen molar-refractivity contribution in [1.29, 1.82) is 0 Å². The molecule has 0 radical (unpaired) electrons. The Kier molecular flexibility index (Phi) is 4.11. The van der Waals surface area contributed by atoms with Crippen molar-refractivity contribution in [3.8, 4) is 0 Å². The van der Waals surface area contributed by atoms with Crippen molar-refractivity contribution in [2.45, 2.75) is 13.8 Å². The van der Waals surface area contributed by atoms with Crippen LogP contribution >= 0.6 is 11.3 Å². The molecule has 1 aromatic heterocycles. The highest BCUT2D eigenvalue weighted by atomic mass is 32.1. The molecule has 0 aliphatic heterocycles. The fourth-order valence-electron chi connectivity index (χ4n) is 1.48. The average molecular weight is 280 g/mol. The number of aromatic nitrogens is 1. The Balaban J connectivity index is 2.15. The Labute approximate surface area is 114 Å². The van der Waals surface area contributed by atoms with Crippen molar-refractivity contribution in [2.24, 2.45) is 0 Å². The van der Waals surface area contributed by atoms with Gasteiger partial charge in [0.15, 0.2) is 10.8 Å². The van der Waals surface area contributed by atoms with E-state index in [2.05, 4.69) is 10.3 Å². The molecule has 0 spiro atoms. The van der Waals surface area contributed by atoms with Crippen LogP contribution < -0.4 is 5.32 Å². The molecule has 1 heterocycles. The molecule has 1 aromatic carbocycles. The van der Waals surface area contributed by atoms with Crippen LogP contribution in [0.2, 0.25) is 0 Å². The van der Waals surface area contributed by atoms with Gasteiger partial charge in [-0.1, -0.05) is 6.07 Å². The standard InChI is InChI=1S/C13H13FN2O2S/c1-3-18-12(17)11-7-19-13(16-11)15-10-6-8(2)4-5-9(10)14/h4-7H,3H2,1-2H3,(H,15,16). The summed E-state index contributed by atoms with van der Waals surface area (Å²) in [6, 6.07) is 4.75. The molecule has 0 amide bonds. The van der Waals surface area contributed by atoms with E-state index in [1.807, 2.05) is 6.92 Å². The van der Waals surface area contributed by atoms with Gasteiger partial charge in [-0.3, -0.25) is 0 Å². The van der Waals surface area contributed by atoms with Crippen LogP contribution in [-0.4, -0.2) is 17.6 Å². The maximum atomic E-state index is 13.6. The minimum Gasteiger partial charge on any atom is -0.461 e. The SMILES string of the molecule is CCOC(=O)c1csc(Nc2cc(C)ccc2F)n1. The predicted octanol–water partition coefficient (Wildman–Crippen LogP) is 3.51. The van der Waals surface area contributed by atoms with Gasteiger partial charge in [-0.05, 0) is 31.5 Å². The van der Waals surface area contributed by atoms with Gasteiger partial charge >= 0.3 is 5.97 Å². The summed E-state index contributed by atoms with van der Waals surface area (Å²) >= 11 is 1.22. The van der Waals surface area contributed by atoms with Crippen LogP contribution in [0.4, 0.5) is 15.2 Å². The van der Waals surface area contributed by atoms with Gasteiger partial charge in [0.1, 0.15) is 5.82 Å². The minimum atomic E-state index is -0.475. The lowest BCUT2D eigenvalue weighted by Gasteiger charge is -2.05. The molecule has 6 heteroatoms. The van der Waals surface area contributed by atoms with Gasteiger partial charge in [0.2, 0.25) is 0 Å². The van der Waals surface area contributed by atoms with E-state index < -0.39 is 5.97 Å². The second-order valence-corrected chi connectivity index (χ2v) is 4.72. The molecule has 1 N–H and O–H groups in total. The molecule has 19 heavy (non-hydrogen) atoms. The van der Waals surface area contributed by atoms with Crippen LogP contribution in [0.3, 0.4) is 0 Å². The maximum Gasteiger partial charge on any atom is 0.357 e. The number of ether oxygens (including phenoxy) is 1. The van der Waals surface area contributed by atoms with Gasteiger partial charge in [-0.2, -0.15) is 0 Å². The maximum absolute atomic E-state index is 13.6. The lowest BCUT2D eigenvalue weighted by atomic mass is 10.2. The number of hydrogen-bond acceptors (Lipinski definition) is 5. The van der Waals surface area contributed by atoms with E-state index in [1.165, 1.54) is 17.4 Å². The Morgan fingerprint density at radius 3 is 3.05 bits per heavy atom. The normalized spacial score (nSPS) is 10.3. The van der Waals surface area contributed by atoms with Crippen molar-refractivity contribution in [3.63, 3.8) is 0 Å². The minimum absolute atomic E-state index is 0.224. The first kappa shape index (κ1) is 13.5. The summed E-state index contributed by atoms with van der Waals surface area (Å²) in [5.74, 6) is -0.838. The third kappa shape index (κ3) is 3.29. The number of halogens is 1. The Hall–Kier alpha value is -1.95. The van der Waals surface area contributed by atoms with Gasteiger partial charge in [0, 0.05) is 5.38 Å². The number of nitrogens with zero attached hydrogens (tertiary/aromatic N) is 1. The first-order valence-electron chi connectivity index (χ1n) is 5.76. The molecule has 0 aliphatic carbocycles. The number of nitrogens with one attached hydrogen (secondary N) is 1. The van der Waals surface area contributed by atoms with Crippen molar-refractivity contribution in [1.82, 2.24) is 4.98 Å². The summed E-state index contributed by atoms with van der Waals surface area (Å²) in [6.07, 6.45) is 0. The fourth-order valence-corrected chi connectivity index (χ4v) is 2.17. The van der Waals surface area contributed by atoms with E-state index in [0.717, 1.165) is 5.56 Å². The zero-order valence-electron chi connectivity index (χ0n) is 10.6. The number of anilines is 2.